The molecule has 2 aromatic heterocycles. The van der Waals surface area contributed by atoms with E-state index in [1.165, 1.54) is 16.2 Å². The third-order valence-corrected chi connectivity index (χ3v) is 7.19. The molecule has 180 valence electrons. The van der Waals surface area contributed by atoms with Crippen LogP contribution in [-0.2, 0) is 6.42 Å². The molecule has 35 heavy (non-hydrogen) atoms. The smallest absolute Gasteiger partial charge is 0.297 e. The fourth-order valence-corrected chi connectivity index (χ4v) is 5.08. The maximum atomic E-state index is 13.8. The molecule has 0 radical (unpaired) electrons. The molecule has 1 unspecified atom stereocenters. The first kappa shape index (κ1) is 23.2. The molecule has 0 bridgehead atoms. The normalized spacial score (nSPS) is 15.3. The molecule has 4 aromatic rings. The van der Waals surface area contributed by atoms with Crippen LogP contribution in [0.2, 0.25) is 0 Å². The van der Waals surface area contributed by atoms with Gasteiger partial charge in [-0.25, -0.2) is 0 Å². The lowest BCUT2D eigenvalue weighted by molar-refractivity contribution is 0.0970. The van der Waals surface area contributed by atoms with Gasteiger partial charge in [-0.1, -0.05) is 55.9 Å². The van der Waals surface area contributed by atoms with Crippen molar-refractivity contribution in [2.75, 3.05) is 11.5 Å². The molecule has 7 nitrogen and oxygen atoms in total. The molecule has 8 heteroatoms. The Morgan fingerprint density at radius 2 is 1.97 bits per heavy atom. The zero-order valence-electron chi connectivity index (χ0n) is 20.2. The first-order chi connectivity index (χ1) is 16.9. The minimum absolute atomic E-state index is 0.0516. The molecule has 3 heterocycles. The maximum absolute atomic E-state index is 13.8. The van der Waals surface area contributed by atoms with E-state index in [1.54, 1.807) is 12.1 Å². The number of nitrogens with zero attached hydrogens (tertiary/aromatic N) is 3. The third-order valence-electron chi connectivity index (χ3n) is 6.13. The van der Waals surface area contributed by atoms with E-state index in [2.05, 4.69) is 24.0 Å². The summed E-state index contributed by atoms with van der Waals surface area (Å²) >= 11 is 1.34. The summed E-state index contributed by atoms with van der Waals surface area (Å²) in [7, 11) is 0. The largest absolute Gasteiger partial charge is 0.494 e. The van der Waals surface area contributed by atoms with Crippen molar-refractivity contribution in [3.05, 3.63) is 80.1 Å². The van der Waals surface area contributed by atoms with Crippen molar-refractivity contribution in [1.29, 1.82) is 0 Å². The van der Waals surface area contributed by atoms with Gasteiger partial charge in [0.2, 0.25) is 10.9 Å². The minimum Gasteiger partial charge on any atom is -0.494 e. The lowest BCUT2D eigenvalue weighted by Gasteiger charge is -2.22. The number of anilines is 1. The van der Waals surface area contributed by atoms with E-state index in [4.69, 9.17) is 9.15 Å². The quantitative estimate of drug-likeness (QED) is 0.332. The second-order valence-corrected chi connectivity index (χ2v) is 10.2. The van der Waals surface area contributed by atoms with Gasteiger partial charge in [0.25, 0.3) is 5.91 Å². The SMILES string of the molecule is CCc1nnc(N2C(=O)c3oc4ccc(C)cc4c(=O)c3C2c2cccc(OCCC(C)C)c2)s1. The van der Waals surface area contributed by atoms with Crippen LogP contribution >= 0.6 is 11.3 Å². The highest BCUT2D eigenvalue weighted by atomic mass is 32.1. The van der Waals surface area contributed by atoms with Gasteiger partial charge in [-0.05, 0) is 55.5 Å². The number of fused-ring (bicyclic) bond motifs is 2. The average molecular weight is 490 g/mol. The molecule has 1 amide bonds. The van der Waals surface area contributed by atoms with Gasteiger partial charge in [0.1, 0.15) is 16.3 Å². The maximum Gasteiger partial charge on any atom is 0.297 e. The summed E-state index contributed by atoms with van der Waals surface area (Å²) in [4.78, 5) is 29.0. The van der Waals surface area contributed by atoms with Crippen LogP contribution in [0.25, 0.3) is 11.0 Å². The monoisotopic (exact) mass is 489 g/mol. The predicted molar refractivity (Wildman–Crippen MR) is 137 cm³/mol. The second kappa shape index (κ2) is 9.26. The minimum atomic E-state index is -0.690. The number of aromatic nitrogens is 2. The van der Waals surface area contributed by atoms with Crippen LogP contribution < -0.4 is 15.1 Å². The highest BCUT2D eigenvalue weighted by molar-refractivity contribution is 7.15. The molecule has 0 spiro atoms. The highest BCUT2D eigenvalue weighted by Crippen LogP contribution is 2.42. The van der Waals surface area contributed by atoms with E-state index in [0.717, 1.165) is 22.6 Å². The number of carbonyl (C=O) groups excluding carboxylic acids is 1. The molecule has 0 aliphatic carbocycles. The van der Waals surface area contributed by atoms with E-state index < -0.39 is 11.9 Å². The number of hydrogen-bond acceptors (Lipinski definition) is 7. The van der Waals surface area contributed by atoms with Crippen LogP contribution in [0, 0.1) is 12.8 Å². The van der Waals surface area contributed by atoms with Crippen LogP contribution in [0.4, 0.5) is 5.13 Å². The summed E-state index contributed by atoms with van der Waals surface area (Å²) in [5.74, 6) is 0.876. The summed E-state index contributed by atoms with van der Waals surface area (Å²) in [5, 5.41) is 10.2. The van der Waals surface area contributed by atoms with Gasteiger partial charge in [-0.3, -0.25) is 14.5 Å². The lowest BCUT2D eigenvalue weighted by Crippen LogP contribution is -2.29. The summed E-state index contributed by atoms with van der Waals surface area (Å²) in [6, 6.07) is 12.3. The fourth-order valence-electron chi connectivity index (χ4n) is 4.27. The Balaban J connectivity index is 1.67. The fraction of sp³-hybridized carbons (Fsp3) is 0.333. The Bertz CT molecular complexity index is 1470. The topological polar surface area (TPSA) is 85.5 Å². The molecule has 0 saturated heterocycles. The predicted octanol–water partition coefficient (Wildman–Crippen LogP) is 5.69. The molecule has 1 aliphatic heterocycles. The van der Waals surface area contributed by atoms with Crippen molar-refractivity contribution in [3.8, 4) is 5.75 Å². The van der Waals surface area contributed by atoms with Crippen molar-refractivity contribution in [3.63, 3.8) is 0 Å². The number of amides is 1. The van der Waals surface area contributed by atoms with Gasteiger partial charge in [0, 0.05) is 0 Å². The van der Waals surface area contributed by atoms with Crippen molar-refractivity contribution in [2.45, 2.75) is 46.6 Å². The van der Waals surface area contributed by atoms with Crippen LogP contribution in [0.15, 0.2) is 51.7 Å². The Labute approximate surface area is 207 Å². The number of benzene rings is 2. The van der Waals surface area contributed by atoms with Gasteiger partial charge in [0.05, 0.1) is 23.6 Å². The molecule has 0 N–H and O–H groups in total. The van der Waals surface area contributed by atoms with Gasteiger partial charge in [0.15, 0.2) is 5.43 Å². The highest BCUT2D eigenvalue weighted by Gasteiger charge is 2.45. The third kappa shape index (κ3) is 4.23. The Kier molecular flexibility index (Phi) is 6.15. The summed E-state index contributed by atoms with van der Waals surface area (Å²) < 4.78 is 12.0. The van der Waals surface area contributed by atoms with Gasteiger partial charge >= 0.3 is 0 Å². The van der Waals surface area contributed by atoms with Crippen LogP contribution in [0.1, 0.15) is 65.5 Å². The van der Waals surface area contributed by atoms with Crippen LogP contribution in [0.3, 0.4) is 0 Å². The van der Waals surface area contributed by atoms with Gasteiger partial charge in [-0.2, -0.15) is 0 Å². The van der Waals surface area contributed by atoms with Crippen molar-refractivity contribution >= 4 is 33.3 Å². The molecule has 0 saturated carbocycles. The zero-order chi connectivity index (χ0) is 24.7. The molecule has 1 aliphatic rings. The zero-order valence-corrected chi connectivity index (χ0v) is 21.0. The van der Waals surface area contributed by atoms with Gasteiger partial charge in [-0.15, -0.1) is 10.2 Å². The van der Waals surface area contributed by atoms with Crippen molar-refractivity contribution in [1.82, 2.24) is 10.2 Å². The number of hydrogen-bond donors (Lipinski definition) is 0. The van der Waals surface area contributed by atoms with E-state index in [-0.39, 0.29) is 11.2 Å². The van der Waals surface area contributed by atoms with Crippen LogP contribution in [-0.4, -0.2) is 22.7 Å². The lowest BCUT2D eigenvalue weighted by atomic mass is 9.98. The standard InChI is InChI=1S/C27H27N3O4S/c1-5-21-28-29-27(35-21)30-23(17-7-6-8-18(14-17)33-12-11-15(2)3)22-24(31)19-13-16(4)9-10-20(19)34-25(22)26(30)32/h6-10,13-15,23H,5,11-12H2,1-4H3. The number of carbonyl (C=O) groups is 1. The Morgan fingerprint density at radius 3 is 2.71 bits per heavy atom. The molecular formula is C27H27N3O4S. The molecular weight excluding hydrogens is 462 g/mol. The molecule has 0 fully saturated rings. The van der Waals surface area contributed by atoms with E-state index >= 15 is 0 Å². The van der Waals surface area contributed by atoms with E-state index in [0.29, 0.717) is 46.4 Å². The molecule has 5 rings (SSSR count). The Hall–Kier alpha value is -3.52. The van der Waals surface area contributed by atoms with E-state index in [9.17, 15) is 9.59 Å². The first-order valence-corrected chi connectivity index (χ1v) is 12.6. The molecule has 1 atom stereocenters. The number of ether oxygens (including phenoxy) is 1. The van der Waals surface area contributed by atoms with Crippen LogP contribution in [0.5, 0.6) is 5.75 Å². The summed E-state index contributed by atoms with van der Waals surface area (Å²) in [6.45, 7) is 8.80. The molecule has 2 aromatic carbocycles. The van der Waals surface area contributed by atoms with E-state index in [1.807, 2.05) is 44.2 Å². The Morgan fingerprint density at radius 1 is 1.14 bits per heavy atom. The van der Waals surface area contributed by atoms with Crippen molar-refractivity contribution < 1.29 is 13.9 Å². The number of aryl methyl sites for hydroxylation is 2. The number of rotatable bonds is 7. The van der Waals surface area contributed by atoms with Crippen molar-refractivity contribution in [2.24, 2.45) is 5.92 Å². The first-order valence-electron chi connectivity index (χ1n) is 11.8. The van der Waals surface area contributed by atoms with Gasteiger partial charge < -0.3 is 9.15 Å². The summed E-state index contributed by atoms with van der Waals surface area (Å²) in [6.07, 6.45) is 1.64. The average Bonchev–Trinajstić information content (AvgIpc) is 3.42. The summed E-state index contributed by atoms with van der Waals surface area (Å²) in [5.41, 5.74) is 2.20. The second-order valence-electron chi connectivity index (χ2n) is 9.19.